The first-order valence-electron chi connectivity index (χ1n) is 10.3. The molecule has 3 N–H and O–H groups in total. The van der Waals surface area contributed by atoms with Gasteiger partial charge in [-0.25, -0.2) is 4.98 Å². The van der Waals surface area contributed by atoms with Crippen molar-refractivity contribution in [1.29, 1.82) is 0 Å². The van der Waals surface area contributed by atoms with Crippen LogP contribution >= 0.6 is 0 Å². The fourth-order valence-electron chi connectivity index (χ4n) is 3.64. The van der Waals surface area contributed by atoms with E-state index in [1.807, 2.05) is 24.3 Å². The van der Waals surface area contributed by atoms with Crippen molar-refractivity contribution in [2.24, 2.45) is 9.98 Å². The van der Waals surface area contributed by atoms with E-state index in [4.69, 9.17) is 0 Å². The minimum absolute atomic E-state index is 0.176. The number of aromatic amines is 1. The Bertz CT molecular complexity index is 1150. The van der Waals surface area contributed by atoms with Gasteiger partial charge >= 0.3 is 0 Å². The summed E-state index contributed by atoms with van der Waals surface area (Å²) in [5, 5.41) is 13.5. The summed E-state index contributed by atoms with van der Waals surface area (Å²) in [4.78, 5) is 29.5. The Kier molecular flexibility index (Phi) is 6.45. The minimum Gasteiger partial charge on any atom is -0.378 e. The van der Waals surface area contributed by atoms with Crippen LogP contribution in [0.15, 0.2) is 70.2 Å². The predicted octanol–water partition coefficient (Wildman–Crippen LogP) is 3.37. The quantitative estimate of drug-likeness (QED) is 0.475. The maximum absolute atomic E-state index is 12.9. The lowest BCUT2D eigenvalue weighted by Crippen LogP contribution is -2.37. The van der Waals surface area contributed by atoms with Crippen molar-refractivity contribution >= 4 is 25.0 Å². The second-order valence-electron chi connectivity index (χ2n) is 7.34. The van der Waals surface area contributed by atoms with E-state index in [0.717, 1.165) is 36.2 Å². The van der Waals surface area contributed by atoms with Crippen molar-refractivity contribution in [3.05, 3.63) is 71.6 Å². The molecule has 1 aliphatic carbocycles. The lowest BCUT2D eigenvalue weighted by Gasteiger charge is -2.25. The van der Waals surface area contributed by atoms with Gasteiger partial charge in [-0.15, -0.1) is 0 Å². The number of hydrogen-bond donors (Lipinski definition) is 3. The maximum Gasteiger partial charge on any atom is 0.251 e. The molecule has 1 unspecified atom stereocenters. The average molecular weight is 429 g/mol. The monoisotopic (exact) mass is 428 g/mol. The van der Waals surface area contributed by atoms with Gasteiger partial charge in [-0.3, -0.25) is 24.9 Å². The predicted molar refractivity (Wildman–Crippen MR) is 125 cm³/mol. The van der Waals surface area contributed by atoms with Crippen molar-refractivity contribution in [3.8, 4) is 11.4 Å². The van der Waals surface area contributed by atoms with Gasteiger partial charge in [-0.2, -0.15) is 5.10 Å². The summed E-state index contributed by atoms with van der Waals surface area (Å²) in [5.74, 6) is 1.12. The van der Waals surface area contributed by atoms with E-state index in [9.17, 15) is 4.79 Å². The fraction of sp³-hybridized carbons (Fsp3) is 0.217. The number of pyridine rings is 1. The van der Waals surface area contributed by atoms with Crippen LogP contribution in [0.1, 0.15) is 35.4 Å². The van der Waals surface area contributed by atoms with Crippen LogP contribution in [0.4, 0.5) is 5.69 Å². The Hall–Kier alpha value is -4.14. The molecule has 9 nitrogen and oxygen atoms in total. The summed E-state index contributed by atoms with van der Waals surface area (Å²) < 4.78 is 0. The molecule has 4 rings (SSSR count). The highest BCUT2D eigenvalue weighted by Gasteiger charge is 2.24. The lowest BCUT2D eigenvalue weighted by molar-refractivity contribution is 0.0939. The molecule has 1 amide bonds. The Morgan fingerprint density at radius 3 is 2.81 bits per heavy atom. The Morgan fingerprint density at radius 1 is 1.19 bits per heavy atom. The van der Waals surface area contributed by atoms with Gasteiger partial charge in [0.15, 0.2) is 5.82 Å². The molecule has 0 radical (unpaired) electrons. The number of hydrogen-bond acceptors (Lipinski definition) is 7. The number of aromatic nitrogens is 4. The first-order chi connectivity index (χ1) is 15.7. The lowest BCUT2D eigenvalue weighted by atomic mass is 9.96. The summed E-state index contributed by atoms with van der Waals surface area (Å²) in [6, 6.07) is 10.8. The van der Waals surface area contributed by atoms with Crippen LogP contribution in [0, 0.1) is 0 Å². The zero-order chi connectivity index (χ0) is 22.3. The van der Waals surface area contributed by atoms with Gasteiger partial charge in [0.1, 0.15) is 5.82 Å². The summed E-state index contributed by atoms with van der Waals surface area (Å²) in [7, 11) is 0. The molecule has 1 aliphatic rings. The van der Waals surface area contributed by atoms with Gasteiger partial charge in [0, 0.05) is 29.2 Å². The van der Waals surface area contributed by atoms with E-state index in [0.29, 0.717) is 29.5 Å². The molecule has 2 aromatic heterocycles. The van der Waals surface area contributed by atoms with E-state index in [1.165, 1.54) is 0 Å². The van der Waals surface area contributed by atoms with Crippen LogP contribution in [-0.4, -0.2) is 45.5 Å². The van der Waals surface area contributed by atoms with Gasteiger partial charge < -0.3 is 10.6 Å². The number of aliphatic imine (C=N–C) groups is 2. The summed E-state index contributed by atoms with van der Waals surface area (Å²) in [5.41, 5.74) is 3.73. The number of allylic oxidation sites excluding steroid dienone is 1. The van der Waals surface area contributed by atoms with Crippen molar-refractivity contribution in [2.75, 3.05) is 5.32 Å². The molecule has 0 saturated carbocycles. The molecule has 2 heterocycles. The minimum atomic E-state index is -0.216. The van der Waals surface area contributed by atoms with E-state index >= 15 is 0 Å². The van der Waals surface area contributed by atoms with Crippen molar-refractivity contribution in [1.82, 2.24) is 25.5 Å². The molecular weight excluding hydrogens is 404 g/mol. The summed E-state index contributed by atoms with van der Waals surface area (Å²) in [6.07, 6.45) is 5.91. The standard InChI is InChI=1S/C23H24N8O/c1-24-18-7-4-8-19(21(18)25-2)28-23(32)16-5-3-6-17(13-16)27-14-20-29-22(31-30-20)15-9-11-26-12-10-15/h3,5-6,9-13,19,27H,1-2,4,7-8,14H2,(H,28,32)(H,29,30,31). The van der Waals surface area contributed by atoms with E-state index < -0.39 is 0 Å². The number of H-pyrrole nitrogens is 1. The van der Waals surface area contributed by atoms with Gasteiger partial charge in [0.05, 0.1) is 24.0 Å². The highest BCUT2D eigenvalue weighted by atomic mass is 16.1. The Labute approximate surface area is 185 Å². The third-order valence-corrected chi connectivity index (χ3v) is 5.25. The van der Waals surface area contributed by atoms with E-state index in [-0.39, 0.29) is 11.9 Å². The number of benzene rings is 1. The number of nitrogens with zero attached hydrogens (tertiary/aromatic N) is 5. The highest BCUT2D eigenvalue weighted by molar-refractivity contribution is 5.95. The Morgan fingerprint density at radius 2 is 2.03 bits per heavy atom. The van der Waals surface area contributed by atoms with Gasteiger partial charge in [0.25, 0.3) is 5.91 Å². The summed E-state index contributed by atoms with van der Waals surface area (Å²) >= 11 is 0. The van der Waals surface area contributed by atoms with Crippen molar-refractivity contribution in [3.63, 3.8) is 0 Å². The smallest absolute Gasteiger partial charge is 0.251 e. The zero-order valence-corrected chi connectivity index (χ0v) is 17.6. The molecule has 0 aliphatic heterocycles. The van der Waals surface area contributed by atoms with Crippen LogP contribution < -0.4 is 10.6 Å². The van der Waals surface area contributed by atoms with Gasteiger partial charge in [0.2, 0.25) is 0 Å². The molecule has 0 spiro atoms. The molecule has 9 heteroatoms. The van der Waals surface area contributed by atoms with E-state index in [1.54, 1.807) is 24.5 Å². The number of rotatable bonds is 8. The molecule has 3 aromatic rings. The average Bonchev–Trinajstić information content (AvgIpc) is 3.32. The number of amides is 1. The van der Waals surface area contributed by atoms with E-state index in [2.05, 4.69) is 54.2 Å². The number of carbonyl (C=O) groups is 1. The second kappa shape index (κ2) is 9.78. The normalized spacial score (nSPS) is 15.8. The molecule has 0 saturated heterocycles. The third kappa shape index (κ3) is 4.77. The van der Waals surface area contributed by atoms with Crippen LogP contribution in [-0.2, 0) is 6.54 Å². The molecule has 1 atom stereocenters. The van der Waals surface area contributed by atoms with Crippen LogP contribution in [0.3, 0.4) is 0 Å². The fourth-order valence-corrected chi connectivity index (χ4v) is 3.64. The summed E-state index contributed by atoms with van der Waals surface area (Å²) in [6.45, 7) is 7.66. The number of carbonyl (C=O) groups excluding carboxylic acids is 1. The van der Waals surface area contributed by atoms with Crippen LogP contribution in [0.5, 0.6) is 0 Å². The first-order valence-corrected chi connectivity index (χ1v) is 10.3. The SMILES string of the molecule is C=NC1=C(N=C)C(NC(=O)c2cccc(NCc3nc(-c4ccncc4)n[nH]3)c2)CCC1. The largest absolute Gasteiger partial charge is 0.378 e. The topological polar surface area (TPSA) is 120 Å². The zero-order valence-electron chi connectivity index (χ0n) is 17.6. The van der Waals surface area contributed by atoms with Crippen LogP contribution in [0.2, 0.25) is 0 Å². The molecule has 0 bridgehead atoms. The molecule has 162 valence electrons. The number of nitrogens with one attached hydrogen (secondary N) is 3. The number of anilines is 1. The Balaban J connectivity index is 1.40. The second-order valence-corrected chi connectivity index (χ2v) is 7.34. The molecule has 0 fully saturated rings. The third-order valence-electron chi connectivity index (χ3n) is 5.25. The van der Waals surface area contributed by atoms with Crippen molar-refractivity contribution < 1.29 is 4.79 Å². The van der Waals surface area contributed by atoms with Gasteiger partial charge in [-0.1, -0.05) is 6.07 Å². The van der Waals surface area contributed by atoms with Crippen molar-refractivity contribution in [2.45, 2.75) is 31.8 Å². The highest BCUT2D eigenvalue weighted by Crippen LogP contribution is 2.27. The maximum atomic E-state index is 12.9. The molecular formula is C23H24N8O. The first kappa shape index (κ1) is 21.1. The van der Waals surface area contributed by atoms with Gasteiger partial charge in [-0.05, 0) is 63.0 Å². The molecule has 1 aromatic carbocycles. The van der Waals surface area contributed by atoms with Crippen LogP contribution in [0.25, 0.3) is 11.4 Å². The molecule has 32 heavy (non-hydrogen) atoms.